The predicted octanol–water partition coefficient (Wildman–Crippen LogP) is 2.28. The molecule has 0 aliphatic carbocycles. The number of hydrogen-bond donors (Lipinski definition) is 1. The molecule has 0 saturated carbocycles. The van der Waals surface area contributed by atoms with Crippen LogP contribution in [-0.4, -0.2) is 28.5 Å². The molecule has 1 unspecified atom stereocenters. The zero-order valence-corrected chi connectivity index (χ0v) is 12.5. The molecule has 0 saturated heterocycles. The maximum atomic E-state index is 12.1. The van der Waals surface area contributed by atoms with Gasteiger partial charge in [0.15, 0.2) is 0 Å². The van der Waals surface area contributed by atoms with Crippen molar-refractivity contribution in [1.29, 1.82) is 5.26 Å². The van der Waals surface area contributed by atoms with Gasteiger partial charge in [-0.25, -0.2) is 0 Å². The van der Waals surface area contributed by atoms with Crippen LogP contribution in [-0.2, 0) is 4.74 Å². The molecule has 1 N–H and O–H groups in total. The monoisotopic (exact) mass is 281 g/mol. The van der Waals surface area contributed by atoms with Gasteiger partial charge in [-0.05, 0) is 39.2 Å². The summed E-state index contributed by atoms with van der Waals surface area (Å²) in [4.78, 5) is 12.1. The maximum Gasteiger partial charge on any atom is 0.255 e. The number of hydrogen-bond acceptors (Lipinski definition) is 5. The van der Waals surface area contributed by atoms with E-state index in [1.807, 2.05) is 13.8 Å². The lowest BCUT2D eigenvalue weighted by Crippen LogP contribution is -2.45. The molecule has 1 amide bonds. The molecular weight excluding hydrogens is 262 g/mol. The molecule has 0 aliphatic heterocycles. The van der Waals surface area contributed by atoms with Crippen molar-refractivity contribution >= 4 is 17.4 Å². The molecule has 1 heterocycles. The highest BCUT2D eigenvalue weighted by atomic mass is 32.1. The van der Waals surface area contributed by atoms with Gasteiger partial charge in [0.25, 0.3) is 5.91 Å². The minimum absolute atomic E-state index is 0.113. The summed E-state index contributed by atoms with van der Waals surface area (Å²) in [6.45, 7) is 7.77. The molecule has 0 spiro atoms. The highest BCUT2D eigenvalue weighted by Gasteiger charge is 2.27. The highest BCUT2D eigenvalue weighted by molar-refractivity contribution is 7.03. The van der Waals surface area contributed by atoms with Crippen LogP contribution in [0.25, 0.3) is 0 Å². The fourth-order valence-corrected chi connectivity index (χ4v) is 2.17. The second-order valence-corrected chi connectivity index (χ2v) is 5.51. The van der Waals surface area contributed by atoms with Crippen LogP contribution in [0.1, 0.15) is 43.2 Å². The first-order chi connectivity index (χ1) is 8.88. The largest absolute Gasteiger partial charge is 0.379 e. The van der Waals surface area contributed by atoms with Crippen molar-refractivity contribution in [2.75, 3.05) is 6.61 Å². The van der Waals surface area contributed by atoms with Crippen molar-refractivity contribution in [2.45, 2.75) is 45.8 Å². The number of aryl methyl sites for hydroxylation is 1. The van der Waals surface area contributed by atoms with Gasteiger partial charge in [-0.2, -0.15) is 9.64 Å². The van der Waals surface area contributed by atoms with Gasteiger partial charge >= 0.3 is 0 Å². The normalized spacial score (nSPS) is 13.9. The van der Waals surface area contributed by atoms with Gasteiger partial charge in [-0.1, -0.05) is 0 Å². The van der Waals surface area contributed by atoms with Crippen molar-refractivity contribution in [3.05, 3.63) is 16.6 Å². The first kappa shape index (κ1) is 15.6. The summed E-state index contributed by atoms with van der Waals surface area (Å²) in [5.74, 6) is -0.264. The van der Waals surface area contributed by atoms with Crippen LogP contribution >= 0.6 is 11.5 Å². The Hall–Kier alpha value is -1.45. The average molecular weight is 281 g/mol. The van der Waals surface area contributed by atoms with E-state index in [1.54, 1.807) is 19.2 Å². The Kier molecular flexibility index (Phi) is 5.45. The first-order valence-electron chi connectivity index (χ1n) is 6.14. The third kappa shape index (κ3) is 4.62. The second kappa shape index (κ2) is 6.64. The predicted molar refractivity (Wildman–Crippen MR) is 74.0 cm³/mol. The second-order valence-electron chi connectivity index (χ2n) is 4.88. The molecule has 19 heavy (non-hydrogen) atoms. The van der Waals surface area contributed by atoms with Gasteiger partial charge in [0.1, 0.15) is 5.54 Å². The Morgan fingerprint density at radius 1 is 1.68 bits per heavy atom. The Balaban J connectivity index is 2.63. The number of amides is 1. The maximum absolute atomic E-state index is 12.1. The first-order valence-corrected chi connectivity index (χ1v) is 6.98. The number of carbonyl (C=O) groups is 1. The molecule has 1 rings (SSSR count). The summed E-state index contributed by atoms with van der Waals surface area (Å²) in [5, 5.41) is 13.7. The van der Waals surface area contributed by atoms with E-state index < -0.39 is 5.54 Å². The van der Waals surface area contributed by atoms with E-state index in [-0.39, 0.29) is 12.0 Å². The topological polar surface area (TPSA) is 75.0 Å². The molecule has 1 aromatic rings. The van der Waals surface area contributed by atoms with Crippen LogP contribution < -0.4 is 5.32 Å². The molecule has 5 nitrogen and oxygen atoms in total. The van der Waals surface area contributed by atoms with Crippen molar-refractivity contribution in [2.24, 2.45) is 0 Å². The van der Waals surface area contributed by atoms with E-state index in [9.17, 15) is 10.1 Å². The van der Waals surface area contributed by atoms with E-state index in [1.165, 1.54) is 11.5 Å². The van der Waals surface area contributed by atoms with Crippen LogP contribution in [0.15, 0.2) is 5.38 Å². The molecule has 1 aromatic heterocycles. The number of nitriles is 1. The van der Waals surface area contributed by atoms with E-state index in [2.05, 4.69) is 15.8 Å². The zero-order valence-electron chi connectivity index (χ0n) is 11.7. The SMILES string of the molecule is Cc1nscc1C(=O)NC(C)(C#N)CCOC(C)C. The number of aromatic nitrogens is 1. The molecule has 6 heteroatoms. The Labute approximate surface area is 117 Å². The molecule has 0 fully saturated rings. The molecule has 0 bridgehead atoms. The highest BCUT2D eigenvalue weighted by Crippen LogP contribution is 2.14. The Morgan fingerprint density at radius 3 is 2.84 bits per heavy atom. The van der Waals surface area contributed by atoms with E-state index in [0.29, 0.717) is 24.3 Å². The number of carbonyl (C=O) groups excluding carboxylic acids is 1. The molecule has 0 radical (unpaired) electrons. The zero-order chi connectivity index (χ0) is 14.5. The van der Waals surface area contributed by atoms with Crippen molar-refractivity contribution in [3.63, 3.8) is 0 Å². The molecular formula is C13H19N3O2S. The van der Waals surface area contributed by atoms with Crippen molar-refractivity contribution < 1.29 is 9.53 Å². The summed E-state index contributed by atoms with van der Waals surface area (Å²) >= 11 is 1.23. The fourth-order valence-electron chi connectivity index (χ4n) is 1.47. The minimum atomic E-state index is -0.930. The summed E-state index contributed by atoms with van der Waals surface area (Å²) in [7, 11) is 0. The van der Waals surface area contributed by atoms with E-state index in [4.69, 9.17) is 4.74 Å². The lowest BCUT2D eigenvalue weighted by atomic mass is 10.00. The molecule has 0 aliphatic rings. The van der Waals surface area contributed by atoms with Crippen LogP contribution in [0.2, 0.25) is 0 Å². The van der Waals surface area contributed by atoms with Crippen LogP contribution in [0.3, 0.4) is 0 Å². The quantitative estimate of drug-likeness (QED) is 0.868. The number of rotatable bonds is 6. The van der Waals surface area contributed by atoms with E-state index in [0.717, 1.165) is 0 Å². The van der Waals surface area contributed by atoms with Gasteiger partial charge in [-0.15, -0.1) is 0 Å². The number of ether oxygens (including phenoxy) is 1. The van der Waals surface area contributed by atoms with Gasteiger partial charge < -0.3 is 10.1 Å². The van der Waals surface area contributed by atoms with Crippen LogP contribution in [0.5, 0.6) is 0 Å². The smallest absolute Gasteiger partial charge is 0.255 e. The average Bonchev–Trinajstić information content (AvgIpc) is 2.75. The fraction of sp³-hybridized carbons (Fsp3) is 0.615. The molecule has 104 valence electrons. The van der Waals surface area contributed by atoms with Crippen LogP contribution in [0, 0.1) is 18.3 Å². The van der Waals surface area contributed by atoms with Gasteiger partial charge in [-0.3, -0.25) is 4.79 Å². The Bertz CT molecular complexity index is 478. The van der Waals surface area contributed by atoms with E-state index >= 15 is 0 Å². The summed E-state index contributed by atoms with van der Waals surface area (Å²) in [6.07, 6.45) is 0.561. The minimum Gasteiger partial charge on any atom is -0.379 e. The van der Waals surface area contributed by atoms with Crippen molar-refractivity contribution in [3.8, 4) is 6.07 Å². The lowest BCUT2D eigenvalue weighted by Gasteiger charge is -2.23. The van der Waals surface area contributed by atoms with Gasteiger partial charge in [0.2, 0.25) is 0 Å². The lowest BCUT2D eigenvalue weighted by molar-refractivity contribution is 0.0651. The van der Waals surface area contributed by atoms with Gasteiger partial charge in [0.05, 0.1) is 30.0 Å². The third-order valence-corrected chi connectivity index (χ3v) is 3.40. The standard InChI is InChI=1S/C13H19N3O2S/c1-9(2)18-6-5-13(4,8-14)15-12(17)11-7-19-16-10(11)3/h7,9H,5-6H2,1-4H3,(H,15,17). The summed E-state index contributed by atoms with van der Waals surface area (Å²) in [6, 6.07) is 2.14. The molecule has 1 atom stereocenters. The molecule has 0 aromatic carbocycles. The number of nitrogens with zero attached hydrogens (tertiary/aromatic N) is 2. The van der Waals surface area contributed by atoms with Crippen molar-refractivity contribution in [1.82, 2.24) is 9.69 Å². The van der Waals surface area contributed by atoms with Crippen LogP contribution in [0.4, 0.5) is 0 Å². The van der Waals surface area contributed by atoms with Gasteiger partial charge in [0, 0.05) is 11.8 Å². The third-order valence-electron chi connectivity index (χ3n) is 2.68. The summed E-state index contributed by atoms with van der Waals surface area (Å²) < 4.78 is 9.47. The summed E-state index contributed by atoms with van der Waals surface area (Å²) in [5.41, 5.74) is 0.276. The Morgan fingerprint density at radius 2 is 2.37 bits per heavy atom. The number of nitrogens with one attached hydrogen (secondary N) is 1.